The van der Waals surface area contributed by atoms with Crippen molar-refractivity contribution in [2.45, 2.75) is 38.3 Å². The fourth-order valence-corrected chi connectivity index (χ4v) is 2.74. The monoisotopic (exact) mass is 327 g/mol. The van der Waals surface area contributed by atoms with E-state index in [0.717, 1.165) is 23.6 Å². The second-order valence-corrected chi connectivity index (χ2v) is 6.32. The van der Waals surface area contributed by atoms with E-state index >= 15 is 0 Å². The van der Waals surface area contributed by atoms with Gasteiger partial charge >= 0.3 is 5.97 Å². The van der Waals surface area contributed by atoms with Crippen LogP contribution in [-0.2, 0) is 9.59 Å². The van der Waals surface area contributed by atoms with E-state index in [1.165, 1.54) is 0 Å². The number of amides is 1. The van der Waals surface area contributed by atoms with E-state index < -0.39 is 24.0 Å². The number of carboxylic acid groups (broad SMARTS) is 1. The lowest BCUT2D eigenvalue weighted by molar-refractivity contribution is -0.143. The molecule has 5 nitrogen and oxygen atoms in total. The van der Waals surface area contributed by atoms with Crippen LogP contribution in [0.3, 0.4) is 0 Å². The predicted molar refractivity (Wildman–Crippen MR) is 90.9 cm³/mol. The highest BCUT2D eigenvalue weighted by molar-refractivity contribution is 5.90. The van der Waals surface area contributed by atoms with Gasteiger partial charge in [-0.25, -0.2) is 4.79 Å². The van der Waals surface area contributed by atoms with Gasteiger partial charge in [0, 0.05) is 5.39 Å². The number of nitrogens with one attached hydrogen (secondary N) is 1. The first-order chi connectivity index (χ1) is 11.5. The number of aliphatic carboxylic acids is 1. The van der Waals surface area contributed by atoms with E-state index in [9.17, 15) is 14.7 Å². The fourth-order valence-electron chi connectivity index (χ4n) is 2.74. The third kappa shape index (κ3) is 3.85. The van der Waals surface area contributed by atoms with Crippen molar-refractivity contribution >= 4 is 22.6 Å². The van der Waals surface area contributed by atoms with Gasteiger partial charge in [0.2, 0.25) is 0 Å². The van der Waals surface area contributed by atoms with E-state index in [1.54, 1.807) is 6.92 Å². The summed E-state index contributed by atoms with van der Waals surface area (Å²) in [4.78, 5) is 23.6. The summed E-state index contributed by atoms with van der Waals surface area (Å²) in [6.07, 6.45) is 1.81. The van der Waals surface area contributed by atoms with Crippen LogP contribution in [0.15, 0.2) is 42.5 Å². The van der Waals surface area contributed by atoms with Crippen molar-refractivity contribution in [2.75, 3.05) is 0 Å². The normalized spacial score (nSPS) is 16.4. The molecule has 0 saturated heterocycles. The van der Waals surface area contributed by atoms with Crippen molar-refractivity contribution in [2.24, 2.45) is 5.92 Å². The molecule has 1 saturated carbocycles. The molecule has 0 aromatic heterocycles. The van der Waals surface area contributed by atoms with E-state index in [2.05, 4.69) is 5.32 Å². The van der Waals surface area contributed by atoms with Gasteiger partial charge in [0.1, 0.15) is 11.8 Å². The van der Waals surface area contributed by atoms with Crippen molar-refractivity contribution < 1.29 is 19.4 Å². The summed E-state index contributed by atoms with van der Waals surface area (Å²) < 4.78 is 5.79. The Morgan fingerprint density at radius 3 is 2.62 bits per heavy atom. The minimum Gasteiger partial charge on any atom is -0.480 e. The highest BCUT2D eigenvalue weighted by atomic mass is 16.5. The second kappa shape index (κ2) is 6.91. The third-order valence-corrected chi connectivity index (χ3v) is 4.30. The minimum atomic E-state index is -0.993. The molecule has 2 unspecified atom stereocenters. The number of carbonyl (C=O) groups is 2. The minimum absolute atomic E-state index is 0.406. The van der Waals surface area contributed by atoms with Crippen LogP contribution in [-0.4, -0.2) is 29.1 Å². The van der Waals surface area contributed by atoms with Crippen LogP contribution in [0.1, 0.15) is 26.2 Å². The molecule has 0 bridgehead atoms. The largest absolute Gasteiger partial charge is 0.480 e. The maximum Gasteiger partial charge on any atom is 0.326 e. The summed E-state index contributed by atoms with van der Waals surface area (Å²) in [6, 6.07) is 12.6. The molecular formula is C19H21NO4. The second-order valence-electron chi connectivity index (χ2n) is 6.32. The zero-order chi connectivity index (χ0) is 17.1. The van der Waals surface area contributed by atoms with Crippen molar-refractivity contribution in [3.63, 3.8) is 0 Å². The fraction of sp³-hybridized carbons (Fsp3) is 0.368. The Hall–Kier alpha value is -2.56. The highest BCUT2D eigenvalue weighted by Gasteiger charge is 2.31. The van der Waals surface area contributed by atoms with Gasteiger partial charge in [-0.15, -0.1) is 0 Å². The summed E-state index contributed by atoms with van der Waals surface area (Å²) in [5.74, 6) is -0.367. The number of rotatable bonds is 7. The number of ether oxygens (including phenoxy) is 1. The lowest BCUT2D eigenvalue weighted by Crippen LogP contribution is -2.46. The molecule has 2 aromatic rings. The Kier molecular flexibility index (Phi) is 4.69. The zero-order valence-electron chi connectivity index (χ0n) is 13.6. The Morgan fingerprint density at radius 1 is 1.21 bits per heavy atom. The van der Waals surface area contributed by atoms with Crippen LogP contribution in [0, 0.1) is 5.92 Å². The van der Waals surface area contributed by atoms with E-state index in [1.807, 2.05) is 42.5 Å². The van der Waals surface area contributed by atoms with E-state index in [0.29, 0.717) is 18.1 Å². The standard InChI is InChI=1S/C19H21NO4/c1-12(18(21)20-16(19(22)23)11-13-9-10-13)24-17-8-4-6-14-5-2-3-7-15(14)17/h2-8,12-13,16H,9-11H2,1H3,(H,20,21)(H,22,23). The van der Waals surface area contributed by atoms with Crippen LogP contribution in [0.4, 0.5) is 0 Å². The smallest absolute Gasteiger partial charge is 0.326 e. The maximum atomic E-state index is 12.3. The molecule has 2 aromatic carbocycles. The Balaban J connectivity index is 1.67. The maximum absolute atomic E-state index is 12.3. The molecule has 0 radical (unpaired) electrons. The molecule has 24 heavy (non-hydrogen) atoms. The van der Waals surface area contributed by atoms with Crippen molar-refractivity contribution in [1.82, 2.24) is 5.32 Å². The third-order valence-electron chi connectivity index (χ3n) is 4.30. The summed E-state index contributed by atoms with van der Waals surface area (Å²) in [7, 11) is 0. The first kappa shape index (κ1) is 16.3. The van der Waals surface area contributed by atoms with Crippen LogP contribution in [0.2, 0.25) is 0 Å². The average Bonchev–Trinajstić information content (AvgIpc) is 3.38. The van der Waals surface area contributed by atoms with Gasteiger partial charge in [0.05, 0.1) is 0 Å². The molecule has 126 valence electrons. The quantitative estimate of drug-likeness (QED) is 0.820. The molecule has 1 aliphatic carbocycles. The Labute approximate surface area is 140 Å². The zero-order valence-corrected chi connectivity index (χ0v) is 13.6. The van der Waals surface area contributed by atoms with Crippen LogP contribution >= 0.6 is 0 Å². The summed E-state index contributed by atoms with van der Waals surface area (Å²) >= 11 is 0. The molecule has 0 spiro atoms. The number of carboxylic acids is 1. The van der Waals surface area contributed by atoms with Crippen molar-refractivity contribution in [3.8, 4) is 5.75 Å². The van der Waals surface area contributed by atoms with Gasteiger partial charge in [0.25, 0.3) is 5.91 Å². The molecule has 1 amide bonds. The highest BCUT2D eigenvalue weighted by Crippen LogP contribution is 2.33. The van der Waals surface area contributed by atoms with Gasteiger partial charge in [-0.05, 0) is 30.7 Å². The first-order valence-electron chi connectivity index (χ1n) is 8.22. The number of benzene rings is 2. The molecule has 3 rings (SSSR count). The molecular weight excluding hydrogens is 306 g/mol. The summed E-state index contributed by atoms with van der Waals surface area (Å²) in [6.45, 7) is 1.63. The SMILES string of the molecule is CC(Oc1cccc2ccccc12)C(=O)NC(CC1CC1)C(=O)O. The molecule has 1 fully saturated rings. The topological polar surface area (TPSA) is 75.6 Å². The van der Waals surface area contributed by atoms with Crippen molar-refractivity contribution in [3.05, 3.63) is 42.5 Å². The predicted octanol–water partition coefficient (Wildman–Crippen LogP) is 2.98. The van der Waals surface area contributed by atoms with Gasteiger partial charge in [-0.1, -0.05) is 49.2 Å². The van der Waals surface area contributed by atoms with Crippen LogP contribution < -0.4 is 10.1 Å². The van der Waals surface area contributed by atoms with Gasteiger partial charge in [-0.2, -0.15) is 0 Å². The number of carbonyl (C=O) groups excluding carboxylic acids is 1. The number of hydrogen-bond acceptors (Lipinski definition) is 3. The molecule has 1 aliphatic rings. The lowest BCUT2D eigenvalue weighted by Gasteiger charge is -2.19. The summed E-state index contributed by atoms with van der Waals surface area (Å²) in [5, 5.41) is 13.8. The molecule has 5 heteroatoms. The number of hydrogen-bond donors (Lipinski definition) is 2. The number of fused-ring (bicyclic) bond motifs is 1. The van der Waals surface area contributed by atoms with Crippen molar-refractivity contribution in [1.29, 1.82) is 0 Å². The van der Waals surface area contributed by atoms with Gasteiger partial charge < -0.3 is 15.2 Å². The molecule has 0 heterocycles. The van der Waals surface area contributed by atoms with Gasteiger partial charge in [-0.3, -0.25) is 4.79 Å². The molecule has 0 aliphatic heterocycles. The molecule has 2 atom stereocenters. The summed E-state index contributed by atoms with van der Waals surface area (Å²) in [5.41, 5.74) is 0. The Bertz CT molecular complexity index is 749. The van der Waals surface area contributed by atoms with Crippen LogP contribution in [0.25, 0.3) is 10.8 Å². The Morgan fingerprint density at radius 2 is 1.92 bits per heavy atom. The first-order valence-corrected chi connectivity index (χ1v) is 8.22. The average molecular weight is 327 g/mol. The van der Waals surface area contributed by atoms with E-state index in [4.69, 9.17) is 4.74 Å². The molecule has 2 N–H and O–H groups in total. The lowest BCUT2D eigenvalue weighted by atomic mass is 10.1. The van der Waals surface area contributed by atoms with Gasteiger partial charge in [0.15, 0.2) is 6.10 Å². The van der Waals surface area contributed by atoms with E-state index in [-0.39, 0.29) is 0 Å². The van der Waals surface area contributed by atoms with Crippen LogP contribution in [0.5, 0.6) is 5.75 Å².